The van der Waals surface area contributed by atoms with Crippen LogP contribution in [0.4, 0.5) is 0 Å². The van der Waals surface area contributed by atoms with Crippen LogP contribution in [-0.4, -0.2) is 66.8 Å². The van der Waals surface area contributed by atoms with Gasteiger partial charge in [-0.2, -0.15) is 0 Å². The second-order valence-corrected chi connectivity index (χ2v) is 12.3. The molecule has 3 atom stereocenters. The molecule has 1 aliphatic rings. The number of benzene rings is 1. The zero-order valence-corrected chi connectivity index (χ0v) is 25.2. The van der Waals surface area contributed by atoms with Gasteiger partial charge < -0.3 is 23.9 Å². The van der Waals surface area contributed by atoms with Crippen molar-refractivity contribution in [3.05, 3.63) is 51.9 Å². The Kier molecular flexibility index (Phi) is 9.03. The highest BCUT2D eigenvalue weighted by Gasteiger charge is 2.29. The molecule has 0 saturated carbocycles. The van der Waals surface area contributed by atoms with E-state index in [2.05, 4.69) is 9.88 Å². The van der Waals surface area contributed by atoms with Crippen LogP contribution in [-0.2, 0) is 34.5 Å². The van der Waals surface area contributed by atoms with E-state index >= 15 is 0 Å². The number of aromatic nitrogens is 3. The van der Waals surface area contributed by atoms with Crippen LogP contribution >= 0.6 is 0 Å². The number of pyridine rings is 1. The van der Waals surface area contributed by atoms with E-state index < -0.39 is 23.7 Å². The van der Waals surface area contributed by atoms with Crippen LogP contribution in [0, 0.1) is 12.8 Å². The van der Waals surface area contributed by atoms with Gasteiger partial charge in [0, 0.05) is 57.5 Å². The molecule has 41 heavy (non-hydrogen) atoms. The van der Waals surface area contributed by atoms with Gasteiger partial charge in [-0.05, 0) is 77.1 Å². The van der Waals surface area contributed by atoms with Gasteiger partial charge in [0.05, 0.1) is 17.1 Å². The maximum Gasteiger partial charge on any atom is 0.326 e. The summed E-state index contributed by atoms with van der Waals surface area (Å²) in [5, 5.41) is 13.4. The molecule has 0 bridgehead atoms. The third-order valence-corrected chi connectivity index (χ3v) is 7.51. The lowest BCUT2D eigenvalue weighted by atomic mass is 9.97. The molecule has 4 rings (SSSR count). The zero-order valence-electron chi connectivity index (χ0n) is 25.2. The minimum absolute atomic E-state index is 0.0493. The number of imidazole rings is 1. The Labute approximate surface area is 241 Å². The van der Waals surface area contributed by atoms with Gasteiger partial charge in [0.15, 0.2) is 0 Å². The minimum atomic E-state index is -0.936. The fourth-order valence-corrected chi connectivity index (χ4v) is 5.49. The third-order valence-electron chi connectivity index (χ3n) is 7.51. The van der Waals surface area contributed by atoms with Crippen molar-refractivity contribution < 1.29 is 19.4 Å². The fraction of sp³-hybridized carbons (Fsp3) is 0.548. The van der Waals surface area contributed by atoms with Crippen LogP contribution in [0.1, 0.15) is 58.6 Å². The fourth-order valence-electron chi connectivity index (χ4n) is 5.49. The number of nitrogens with zero attached hydrogens (tertiary/aromatic N) is 4. The highest BCUT2D eigenvalue weighted by Crippen LogP contribution is 2.29. The van der Waals surface area contributed by atoms with Gasteiger partial charge in [-0.1, -0.05) is 6.07 Å². The Morgan fingerprint density at radius 1 is 1.24 bits per heavy atom. The molecular formula is C31H43N5O5. The van der Waals surface area contributed by atoms with Gasteiger partial charge in [0.25, 0.3) is 5.56 Å². The summed E-state index contributed by atoms with van der Waals surface area (Å²) in [6, 6.07) is 6.95. The summed E-state index contributed by atoms with van der Waals surface area (Å²) in [6.07, 6.45) is 2.83. The van der Waals surface area contributed by atoms with Crippen molar-refractivity contribution in [1.82, 2.24) is 24.3 Å². The number of ether oxygens (including phenoxy) is 1. The lowest BCUT2D eigenvalue weighted by Gasteiger charge is -2.32. The van der Waals surface area contributed by atoms with E-state index in [4.69, 9.17) is 9.72 Å². The second-order valence-electron chi connectivity index (χ2n) is 12.3. The molecule has 0 radical (unpaired) electrons. The predicted octanol–water partition coefficient (Wildman–Crippen LogP) is 3.15. The molecule has 0 aliphatic carbocycles. The SMILES string of the molecule is CC(=O)N1CCC[C@@H](Cn2c(-c3cc(C)c(=O)n(C)c3)nc3ccc(CN[C@H](C(=O)OC(C)(C)C)[C@@H](C)O)cc32)C1. The molecule has 1 aliphatic heterocycles. The molecule has 3 aromatic rings. The monoisotopic (exact) mass is 565 g/mol. The first kappa shape index (κ1) is 30.5. The number of carbonyl (C=O) groups is 2. The largest absolute Gasteiger partial charge is 0.459 e. The molecule has 0 unspecified atom stereocenters. The van der Waals surface area contributed by atoms with E-state index in [0.29, 0.717) is 25.2 Å². The van der Waals surface area contributed by atoms with Crippen molar-refractivity contribution in [2.24, 2.45) is 13.0 Å². The Morgan fingerprint density at radius 2 is 1.98 bits per heavy atom. The normalized spacial score (nSPS) is 17.5. The molecule has 0 spiro atoms. The highest BCUT2D eigenvalue weighted by molar-refractivity contribution is 5.81. The third kappa shape index (κ3) is 7.23. The van der Waals surface area contributed by atoms with Crippen molar-refractivity contribution in [3.63, 3.8) is 0 Å². The van der Waals surface area contributed by atoms with Crippen LogP contribution in [0.3, 0.4) is 0 Å². The van der Waals surface area contributed by atoms with E-state index in [1.54, 1.807) is 53.2 Å². The quantitative estimate of drug-likeness (QED) is 0.403. The Morgan fingerprint density at radius 3 is 2.61 bits per heavy atom. The Hall–Kier alpha value is -3.50. The van der Waals surface area contributed by atoms with E-state index in [-0.39, 0.29) is 17.4 Å². The van der Waals surface area contributed by atoms with Gasteiger partial charge in [-0.15, -0.1) is 0 Å². The van der Waals surface area contributed by atoms with Gasteiger partial charge >= 0.3 is 5.97 Å². The van der Waals surface area contributed by atoms with Crippen molar-refractivity contribution in [2.75, 3.05) is 13.1 Å². The average molecular weight is 566 g/mol. The zero-order chi connectivity index (χ0) is 30.1. The van der Waals surface area contributed by atoms with E-state index in [0.717, 1.165) is 47.4 Å². The van der Waals surface area contributed by atoms with Crippen molar-refractivity contribution >= 4 is 22.9 Å². The van der Waals surface area contributed by atoms with Crippen molar-refractivity contribution in [3.8, 4) is 11.4 Å². The lowest BCUT2D eigenvalue weighted by molar-refractivity contribution is -0.160. The maximum atomic E-state index is 12.7. The minimum Gasteiger partial charge on any atom is -0.459 e. The first-order valence-corrected chi connectivity index (χ1v) is 14.3. The average Bonchev–Trinajstić information content (AvgIpc) is 3.23. The smallest absolute Gasteiger partial charge is 0.326 e. The lowest BCUT2D eigenvalue weighted by Crippen LogP contribution is -2.47. The summed E-state index contributed by atoms with van der Waals surface area (Å²) in [4.78, 5) is 44.1. The van der Waals surface area contributed by atoms with Gasteiger partial charge in [-0.25, -0.2) is 4.98 Å². The molecular weight excluding hydrogens is 522 g/mol. The van der Waals surface area contributed by atoms with E-state index in [9.17, 15) is 19.5 Å². The van der Waals surface area contributed by atoms with Crippen molar-refractivity contribution in [1.29, 1.82) is 0 Å². The topological polar surface area (TPSA) is 119 Å². The number of hydrogen-bond acceptors (Lipinski definition) is 7. The number of aliphatic hydroxyl groups is 1. The first-order valence-electron chi connectivity index (χ1n) is 14.3. The molecule has 10 nitrogen and oxygen atoms in total. The van der Waals surface area contributed by atoms with Crippen LogP contribution in [0.15, 0.2) is 35.3 Å². The molecule has 1 fully saturated rings. The van der Waals surface area contributed by atoms with Crippen LogP contribution in [0.2, 0.25) is 0 Å². The number of piperidine rings is 1. The first-order chi connectivity index (χ1) is 19.2. The summed E-state index contributed by atoms with van der Waals surface area (Å²) in [5.74, 6) is 0.605. The molecule has 10 heteroatoms. The summed E-state index contributed by atoms with van der Waals surface area (Å²) in [6.45, 7) is 12.8. The van der Waals surface area contributed by atoms with Crippen LogP contribution in [0.5, 0.6) is 0 Å². The van der Waals surface area contributed by atoms with E-state index in [1.807, 2.05) is 35.4 Å². The molecule has 222 valence electrons. The number of likely N-dealkylation sites (tertiary alicyclic amines) is 1. The summed E-state index contributed by atoms with van der Waals surface area (Å²) >= 11 is 0. The standard InChI is InChI=1S/C31H43N5O5/c1-19-13-24(18-34(7)29(19)39)28-33-25-11-10-22(15-32-27(20(2)37)30(40)41-31(4,5)6)14-26(25)36(28)17-23-9-8-12-35(16-23)21(3)38/h10-11,13-14,18,20,23,27,32,37H,8-9,12,15-17H2,1-7H3/t20-,23-,27+/m1/s1. The second kappa shape index (κ2) is 12.2. The number of aryl methyl sites for hydroxylation is 2. The number of carbonyl (C=O) groups excluding carboxylic acids is 2. The molecule has 2 N–H and O–H groups in total. The van der Waals surface area contributed by atoms with Crippen LogP contribution in [0.25, 0.3) is 22.4 Å². The number of hydrogen-bond donors (Lipinski definition) is 2. The Balaban J connectivity index is 1.70. The molecule has 1 aromatic carbocycles. The van der Waals surface area contributed by atoms with E-state index in [1.165, 1.54) is 0 Å². The van der Waals surface area contributed by atoms with Crippen molar-refractivity contribution in [2.45, 2.75) is 85.2 Å². The summed E-state index contributed by atoms with van der Waals surface area (Å²) < 4.78 is 9.27. The molecule has 2 aromatic heterocycles. The maximum absolute atomic E-state index is 12.7. The van der Waals surface area contributed by atoms with Gasteiger partial charge in [0.2, 0.25) is 5.91 Å². The number of fused-ring (bicyclic) bond motifs is 1. The highest BCUT2D eigenvalue weighted by atomic mass is 16.6. The number of nitrogens with one attached hydrogen (secondary N) is 1. The van der Waals surface area contributed by atoms with Gasteiger partial charge in [-0.3, -0.25) is 19.7 Å². The number of rotatable bonds is 8. The summed E-state index contributed by atoms with van der Waals surface area (Å²) in [7, 11) is 1.74. The molecule has 1 saturated heterocycles. The number of aliphatic hydroxyl groups excluding tert-OH is 1. The number of esters is 1. The van der Waals surface area contributed by atoms with Gasteiger partial charge in [0.1, 0.15) is 17.5 Å². The number of amides is 1. The summed E-state index contributed by atoms with van der Waals surface area (Å²) in [5.41, 5.74) is 3.44. The predicted molar refractivity (Wildman–Crippen MR) is 158 cm³/mol. The molecule has 3 heterocycles. The Bertz CT molecular complexity index is 1460. The van der Waals surface area contributed by atoms with Crippen LogP contribution < -0.4 is 10.9 Å². The molecule has 1 amide bonds.